The Labute approximate surface area is 114 Å². The minimum absolute atomic E-state index is 0.00458. The van der Waals surface area contributed by atoms with E-state index >= 15 is 0 Å². The first-order chi connectivity index (χ1) is 9.60. The second-order valence-electron chi connectivity index (χ2n) is 4.61. The Kier molecular flexibility index (Phi) is 2.75. The summed E-state index contributed by atoms with van der Waals surface area (Å²) in [7, 11) is 0. The third-order valence-corrected chi connectivity index (χ3v) is 3.29. The summed E-state index contributed by atoms with van der Waals surface area (Å²) in [5.74, 6) is 1.85. The van der Waals surface area contributed by atoms with E-state index in [1.165, 1.54) is 17.0 Å². The smallest absolute Gasteiger partial charge is 0.229 e. The quantitative estimate of drug-likeness (QED) is 0.794. The highest BCUT2D eigenvalue weighted by atomic mass is 19.1. The van der Waals surface area contributed by atoms with Crippen LogP contribution in [0.1, 0.15) is 6.42 Å². The van der Waals surface area contributed by atoms with E-state index in [0.29, 0.717) is 12.1 Å². The number of nitrogen functional groups attached to an aromatic ring is 1. The Morgan fingerprint density at radius 1 is 1.45 bits per heavy atom. The first-order valence-corrected chi connectivity index (χ1v) is 6.08. The number of carbonyl (C=O) groups excluding carboxylic acids is 1. The van der Waals surface area contributed by atoms with E-state index in [4.69, 9.17) is 12.2 Å². The second-order valence-corrected chi connectivity index (χ2v) is 4.61. The largest absolute Gasteiger partial charge is 0.368 e. The summed E-state index contributed by atoms with van der Waals surface area (Å²) >= 11 is 0. The van der Waals surface area contributed by atoms with Gasteiger partial charge in [-0.2, -0.15) is 4.98 Å². The number of aromatic nitrogens is 2. The molecule has 1 amide bonds. The lowest BCUT2D eigenvalue weighted by Crippen LogP contribution is -2.26. The number of anilines is 2. The van der Waals surface area contributed by atoms with Crippen LogP contribution in [-0.2, 0) is 4.79 Å². The maximum atomic E-state index is 14.0. The molecule has 1 atom stereocenters. The van der Waals surface area contributed by atoms with Crippen LogP contribution in [0.4, 0.5) is 16.2 Å². The van der Waals surface area contributed by atoms with Crippen molar-refractivity contribution >= 4 is 28.6 Å². The predicted molar refractivity (Wildman–Crippen MR) is 73.2 cm³/mol. The predicted octanol–water partition coefficient (Wildman–Crippen LogP) is 1.34. The van der Waals surface area contributed by atoms with E-state index in [1.54, 1.807) is 6.07 Å². The second kappa shape index (κ2) is 4.46. The Balaban J connectivity index is 2.21. The van der Waals surface area contributed by atoms with Crippen molar-refractivity contribution in [2.45, 2.75) is 6.42 Å². The first-order valence-electron chi connectivity index (χ1n) is 6.08. The number of halogens is 1. The summed E-state index contributed by atoms with van der Waals surface area (Å²) in [6.07, 6.45) is 5.58. The van der Waals surface area contributed by atoms with Crippen LogP contribution in [0.15, 0.2) is 18.2 Å². The first kappa shape index (κ1) is 12.4. The molecule has 0 aliphatic carbocycles. The van der Waals surface area contributed by atoms with E-state index in [2.05, 4.69) is 15.9 Å². The summed E-state index contributed by atoms with van der Waals surface area (Å²) < 4.78 is 14.0. The topological polar surface area (TPSA) is 72.1 Å². The van der Waals surface area contributed by atoms with Crippen LogP contribution < -0.4 is 10.6 Å². The van der Waals surface area contributed by atoms with Crippen molar-refractivity contribution in [3.63, 3.8) is 0 Å². The van der Waals surface area contributed by atoms with Crippen molar-refractivity contribution in [1.29, 1.82) is 0 Å². The van der Waals surface area contributed by atoms with Crippen molar-refractivity contribution < 1.29 is 9.18 Å². The van der Waals surface area contributed by atoms with Gasteiger partial charge in [0.15, 0.2) is 5.82 Å². The average molecular weight is 270 g/mol. The monoisotopic (exact) mass is 270 g/mol. The lowest BCUT2D eigenvalue weighted by atomic mass is 10.1. The minimum atomic E-state index is -0.491. The van der Waals surface area contributed by atoms with Gasteiger partial charge < -0.3 is 5.73 Å². The lowest BCUT2D eigenvalue weighted by Gasteiger charge is -2.17. The summed E-state index contributed by atoms with van der Waals surface area (Å²) in [6.45, 7) is 0.315. The van der Waals surface area contributed by atoms with Gasteiger partial charge in [-0.25, -0.2) is 9.37 Å². The van der Waals surface area contributed by atoms with Crippen LogP contribution in [0.3, 0.4) is 0 Å². The fourth-order valence-corrected chi connectivity index (χ4v) is 2.36. The molecule has 0 radical (unpaired) electrons. The molecule has 6 heteroatoms. The van der Waals surface area contributed by atoms with Gasteiger partial charge in [0.25, 0.3) is 0 Å². The molecule has 1 unspecified atom stereocenters. The maximum Gasteiger partial charge on any atom is 0.229 e. The highest BCUT2D eigenvalue weighted by molar-refractivity contribution is 6.03. The van der Waals surface area contributed by atoms with Crippen molar-refractivity contribution in [3.05, 3.63) is 24.0 Å². The molecule has 100 valence electrons. The number of hydrogen-bond acceptors (Lipinski definition) is 4. The number of rotatable bonds is 1. The van der Waals surface area contributed by atoms with Crippen LogP contribution in [0.2, 0.25) is 0 Å². The Morgan fingerprint density at radius 2 is 2.25 bits per heavy atom. The molecule has 2 heterocycles. The highest BCUT2D eigenvalue weighted by Gasteiger charge is 2.32. The summed E-state index contributed by atoms with van der Waals surface area (Å²) in [4.78, 5) is 21.4. The molecule has 5 nitrogen and oxygen atoms in total. The van der Waals surface area contributed by atoms with Crippen LogP contribution in [0, 0.1) is 24.1 Å². The minimum Gasteiger partial charge on any atom is -0.368 e. The molecule has 1 saturated heterocycles. The van der Waals surface area contributed by atoms with Crippen LogP contribution in [-0.4, -0.2) is 22.4 Å². The number of fused-ring (bicyclic) bond motifs is 1. The Bertz CT molecular complexity index is 753. The van der Waals surface area contributed by atoms with Crippen LogP contribution in [0.5, 0.6) is 0 Å². The van der Waals surface area contributed by atoms with E-state index in [0.717, 1.165) is 0 Å². The van der Waals surface area contributed by atoms with Crippen molar-refractivity contribution in [3.8, 4) is 12.3 Å². The zero-order chi connectivity index (χ0) is 14.3. The molecule has 1 aromatic heterocycles. The Hall–Kier alpha value is -2.68. The molecule has 1 aromatic carbocycles. The van der Waals surface area contributed by atoms with Gasteiger partial charge in [-0.05, 0) is 12.1 Å². The van der Waals surface area contributed by atoms with Crippen molar-refractivity contribution in [1.82, 2.24) is 9.97 Å². The van der Waals surface area contributed by atoms with Gasteiger partial charge in [-0.3, -0.25) is 9.69 Å². The van der Waals surface area contributed by atoms with Crippen molar-refractivity contribution in [2.24, 2.45) is 5.92 Å². The molecule has 20 heavy (non-hydrogen) atoms. The van der Waals surface area contributed by atoms with E-state index in [-0.39, 0.29) is 35.4 Å². The normalized spacial score (nSPS) is 18.5. The number of terminal acetylenes is 1. The molecule has 1 fully saturated rings. The number of nitrogens with two attached hydrogens (primary N) is 1. The molecule has 0 spiro atoms. The van der Waals surface area contributed by atoms with E-state index in [9.17, 15) is 9.18 Å². The fraction of sp³-hybridized carbons (Fsp3) is 0.214. The fourth-order valence-electron chi connectivity index (χ4n) is 2.36. The van der Waals surface area contributed by atoms with Gasteiger partial charge in [-0.15, -0.1) is 12.3 Å². The van der Waals surface area contributed by atoms with Gasteiger partial charge in [0.1, 0.15) is 5.82 Å². The van der Waals surface area contributed by atoms with Crippen LogP contribution >= 0.6 is 0 Å². The molecule has 0 bridgehead atoms. The highest BCUT2D eigenvalue weighted by Crippen LogP contribution is 2.31. The molecule has 1 aliphatic rings. The zero-order valence-corrected chi connectivity index (χ0v) is 10.5. The summed E-state index contributed by atoms with van der Waals surface area (Å²) in [5, 5.41) is 0.188. The van der Waals surface area contributed by atoms with Gasteiger partial charge in [0.2, 0.25) is 11.9 Å². The zero-order valence-electron chi connectivity index (χ0n) is 10.5. The SMILES string of the molecule is C#CC1CC(=O)N(c2nc(N)nc3cccc(F)c23)C1. The maximum absolute atomic E-state index is 14.0. The number of benzene rings is 1. The molecular formula is C14H11FN4O. The molecular weight excluding hydrogens is 259 g/mol. The number of nitrogens with zero attached hydrogens (tertiary/aromatic N) is 3. The van der Waals surface area contributed by atoms with Gasteiger partial charge in [0, 0.05) is 18.9 Å². The van der Waals surface area contributed by atoms with E-state index < -0.39 is 5.82 Å². The number of carbonyl (C=O) groups is 1. The van der Waals surface area contributed by atoms with Crippen molar-refractivity contribution in [2.75, 3.05) is 17.2 Å². The summed E-state index contributed by atoms with van der Waals surface area (Å²) in [6, 6.07) is 4.45. The molecule has 2 aromatic rings. The standard InChI is InChI=1S/C14H11FN4O/c1-2-8-6-11(20)19(7-8)13-12-9(15)4-3-5-10(12)17-14(16)18-13/h1,3-5,8H,6-7H2,(H2,16,17,18). The van der Waals surface area contributed by atoms with E-state index in [1.807, 2.05) is 0 Å². The third kappa shape index (κ3) is 1.84. The third-order valence-electron chi connectivity index (χ3n) is 3.29. The molecule has 2 N–H and O–H groups in total. The molecule has 1 aliphatic heterocycles. The van der Waals surface area contributed by atoms with Gasteiger partial charge >= 0.3 is 0 Å². The lowest BCUT2D eigenvalue weighted by molar-refractivity contribution is -0.117. The molecule has 3 rings (SSSR count). The van der Waals surface area contributed by atoms with Crippen LogP contribution in [0.25, 0.3) is 10.9 Å². The number of amides is 1. The average Bonchev–Trinajstić information content (AvgIpc) is 2.79. The van der Waals surface area contributed by atoms with Gasteiger partial charge in [-0.1, -0.05) is 6.07 Å². The summed E-state index contributed by atoms with van der Waals surface area (Å²) in [5.41, 5.74) is 6.00. The Morgan fingerprint density at radius 3 is 2.95 bits per heavy atom. The molecule has 0 saturated carbocycles. The van der Waals surface area contributed by atoms with Gasteiger partial charge in [0.05, 0.1) is 10.9 Å². The number of hydrogen-bond donors (Lipinski definition) is 1.